The third-order valence-corrected chi connectivity index (χ3v) is 5.27. The van der Waals surface area contributed by atoms with E-state index in [1.807, 2.05) is 0 Å². The molecule has 2 heterocycles. The highest BCUT2D eigenvalue weighted by Crippen LogP contribution is 2.28. The quantitative estimate of drug-likeness (QED) is 0.348. The predicted molar refractivity (Wildman–Crippen MR) is 127 cm³/mol. The van der Waals surface area contributed by atoms with Gasteiger partial charge in [-0.25, -0.2) is 4.68 Å². The summed E-state index contributed by atoms with van der Waals surface area (Å²) >= 11 is 0. The zero-order chi connectivity index (χ0) is 25.1. The largest absolute Gasteiger partial charge is 0.494 e. The Morgan fingerprint density at radius 2 is 1.51 bits per heavy atom. The number of nitriles is 3. The summed E-state index contributed by atoms with van der Waals surface area (Å²) in [5.74, 6) is -0.892. The first-order valence-electron chi connectivity index (χ1n) is 10.1. The maximum Gasteiger partial charge on any atom is 0.279 e. The normalized spacial score (nSPS) is 11.1. The van der Waals surface area contributed by atoms with Gasteiger partial charge in [-0.3, -0.25) is 14.7 Å². The Balaban J connectivity index is 2.34. The Labute approximate surface area is 197 Å². The van der Waals surface area contributed by atoms with Crippen LogP contribution in [0.1, 0.15) is 5.56 Å². The number of benzene rings is 2. The van der Waals surface area contributed by atoms with E-state index in [0.29, 0.717) is 11.3 Å². The van der Waals surface area contributed by atoms with Gasteiger partial charge in [-0.05, 0) is 12.1 Å². The summed E-state index contributed by atoms with van der Waals surface area (Å²) in [4.78, 5) is 28.9. The van der Waals surface area contributed by atoms with Crippen molar-refractivity contribution in [1.82, 2.24) is 14.8 Å². The summed E-state index contributed by atoms with van der Waals surface area (Å²) in [7, 11) is 0. The molecule has 0 saturated heterocycles. The number of aliphatic hydroxyl groups excluding tert-OH is 1. The van der Waals surface area contributed by atoms with Crippen LogP contribution >= 0.6 is 0 Å². The molecule has 0 unspecified atom stereocenters. The molecule has 0 saturated carbocycles. The third-order valence-electron chi connectivity index (χ3n) is 5.27. The second-order valence-electron chi connectivity index (χ2n) is 7.25. The highest BCUT2D eigenvalue weighted by molar-refractivity contribution is 5.85. The molecular formula is C25H15N7O3. The van der Waals surface area contributed by atoms with E-state index in [1.165, 1.54) is 4.68 Å². The number of H-pyrrole nitrogens is 2. The second-order valence-corrected chi connectivity index (χ2v) is 7.25. The molecule has 0 aliphatic carbocycles. The molecule has 0 amide bonds. The van der Waals surface area contributed by atoms with Gasteiger partial charge in [0.1, 0.15) is 23.8 Å². The van der Waals surface area contributed by atoms with Gasteiger partial charge in [0.25, 0.3) is 11.1 Å². The summed E-state index contributed by atoms with van der Waals surface area (Å²) in [6, 6.07) is 22.2. The van der Waals surface area contributed by atoms with Crippen LogP contribution < -0.4 is 27.4 Å². The average molecular weight is 461 g/mol. The van der Waals surface area contributed by atoms with Gasteiger partial charge in [0.2, 0.25) is 0 Å². The molecule has 0 aliphatic rings. The molecule has 10 nitrogen and oxygen atoms in total. The molecule has 0 bridgehead atoms. The number of aromatic nitrogens is 3. The molecule has 4 aromatic rings. The summed E-state index contributed by atoms with van der Waals surface area (Å²) < 4.78 is 1.22. The highest BCUT2D eigenvalue weighted by atomic mass is 16.3. The number of nitrogens with zero attached hydrogens (tertiary/aromatic N) is 4. The fourth-order valence-corrected chi connectivity index (χ4v) is 3.78. The van der Waals surface area contributed by atoms with E-state index in [1.54, 1.807) is 78.9 Å². The van der Waals surface area contributed by atoms with E-state index in [-0.39, 0.29) is 22.0 Å². The molecule has 5 N–H and O–H groups in total. The van der Waals surface area contributed by atoms with Gasteiger partial charge in [0.05, 0.1) is 27.5 Å². The molecule has 10 heteroatoms. The number of aliphatic hydroxyl groups is 1. The molecule has 2 aromatic heterocycles. The first-order chi connectivity index (χ1) is 16.9. The van der Waals surface area contributed by atoms with Crippen LogP contribution in [0.5, 0.6) is 0 Å². The summed E-state index contributed by atoms with van der Waals surface area (Å²) in [5.41, 5.74) is 3.79. The lowest BCUT2D eigenvalue weighted by atomic mass is 9.96. The summed E-state index contributed by atoms with van der Waals surface area (Å²) in [5, 5.41) is 41.2. The minimum absolute atomic E-state index is 0.147. The zero-order valence-electron chi connectivity index (χ0n) is 17.9. The van der Waals surface area contributed by atoms with Crippen LogP contribution in [0.4, 0.5) is 0 Å². The van der Waals surface area contributed by atoms with Crippen LogP contribution in [-0.4, -0.2) is 19.9 Å². The van der Waals surface area contributed by atoms with E-state index < -0.39 is 33.5 Å². The predicted octanol–water partition coefficient (Wildman–Crippen LogP) is 0.840. The first-order valence-corrected chi connectivity index (χ1v) is 10.1. The topological polar surface area (TPSA) is 188 Å². The van der Waals surface area contributed by atoms with Crippen molar-refractivity contribution in [2.24, 2.45) is 5.73 Å². The minimum atomic E-state index is -0.962. The number of nitrogens with two attached hydrogens (primary N) is 1. The van der Waals surface area contributed by atoms with Crippen molar-refractivity contribution in [3.05, 3.63) is 97.5 Å². The standard InChI is InChI=1S/C25H15N7O3/c26-11-15(12-27)21-19(23(29)33)18(17(13-28)24(34)30-21)20-22(14-7-3-1-4-8-14)31-32(25(20)35)16-9-5-2-6-10-16/h1-10,31,33H,29H2,(H,30,34)/b23-19-. The number of hydrogen-bond donors (Lipinski definition) is 4. The number of hydrogen-bond acceptors (Lipinski definition) is 7. The van der Waals surface area contributed by atoms with Crippen LogP contribution in [0.15, 0.2) is 70.3 Å². The van der Waals surface area contributed by atoms with Crippen molar-refractivity contribution < 1.29 is 5.11 Å². The molecule has 35 heavy (non-hydrogen) atoms. The number of nitrogens with one attached hydrogen (secondary N) is 2. The maximum absolute atomic E-state index is 13.8. The molecular weight excluding hydrogens is 446 g/mol. The Bertz CT molecular complexity index is 1810. The number of aromatic amines is 2. The highest BCUT2D eigenvalue weighted by Gasteiger charge is 2.25. The lowest BCUT2D eigenvalue weighted by Crippen LogP contribution is -2.42. The summed E-state index contributed by atoms with van der Waals surface area (Å²) in [6.07, 6.45) is 0. The van der Waals surface area contributed by atoms with Gasteiger partial charge in [0, 0.05) is 11.1 Å². The Morgan fingerprint density at radius 1 is 0.914 bits per heavy atom. The Hall–Kier alpha value is -5.79. The van der Waals surface area contributed by atoms with Crippen molar-refractivity contribution in [2.45, 2.75) is 0 Å². The maximum atomic E-state index is 13.8. The number of para-hydroxylation sites is 1. The first kappa shape index (κ1) is 22.4. The molecule has 2 aromatic carbocycles. The monoisotopic (exact) mass is 461 g/mol. The van der Waals surface area contributed by atoms with Crippen molar-refractivity contribution in [2.75, 3.05) is 0 Å². The molecule has 168 valence electrons. The van der Waals surface area contributed by atoms with Crippen molar-refractivity contribution in [1.29, 1.82) is 15.8 Å². The zero-order valence-corrected chi connectivity index (χ0v) is 17.9. The lowest BCUT2D eigenvalue weighted by molar-refractivity contribution is 0.492. The van der Waals surface area contributed by atoms with E-state index in [0.717, 1.165) is 0 Å². The van der Waals surface area contributed by atoms with E-state index in [4.69, 9.17) is 5.73 Å². The number of pyridine rings is 1. The fourth-order valence-electron chi connectivity index (χ4n) is 3.78. The van der Waals surface area contributed by atoms with Gasteiger partial charge in [-0.1, -0.05) is 48.5 Å². The SMILES string of the molecule is N#CC(C#N)=c1[nH]c(=O)c(C#N)c(-c2c(-c3ccccc3)[nH]n(-c3ccccc3)c2=O)/c1=C(\N)O. The summed E-state index contributed by atoms with van der Waals surface area (Å²) in [6.45, 7) is 0. The van der Waals surface area contributed by atoms with E-state index in [2.05, 4.69) is 10.1 Å². The molecule has 0 atom stereocenters. The smallest absolute Gasteiger partial charge is 0.279 e. The van der Waals surface area contributed by atoms with Crippen LogP contribution in [0, 0.1) is 34.0 Å². The van der Waals surface area contributed by atoms with Crippen LogP contribution in [0.3, 0.4) is 0 Å². The average Bonchev–Trinajstić information content (AvgIpc) is 3.22. The molecule has 0 radical (unpaired) electrons. The fraction of sp³-hybridized carbons (Fsp3) is 0. The molecule has 4 rings (SSSR count). The van der Waals surface area contributed by atoms with Gasteiger partial charge in [0.15, 0.2) is 11.5 Å². The second kappa shape index (κ2) is 8.99. The molecule has 0 fully saturated rings. The molecule has 0 aliphatic heterocycles. The van der Waals surface area contributed by atoms with Crippen molar-refractivity contribution in [3.8, 4) is 46.3 Å². The molecule has 0 spiro atoms. The van der Waals surface area contributed by atoms with E-state index >= 15 is 0 Å². The van der Waals surface area contributed by atoms with Crippen LogP contribution in [0.2, 0.25) is 0 Å². The van der Waals surface area contributed by atoms with Crippen LogP contribution in [0.25, 0.3) is 39.5 Å². The Kier molecular flexibility index (Phi) is 5.75. The van der Waals surface area contributed by atoms with Crippen LogP contribution in [-0.2, 0) is 0 Å². The van der Waals surface area contributed by atoms with E-state index in [9.17, 15) is 30.5 Å². The minimum Gasteiger partial charge on any atom is -0.494 e. The van der Waals surface area contributed by atoms with Gasteiger partial charge < -0.3 is 15.8 Å². The third kappa shape index (κ3) is 3.72. The van der Waals surface area contributed by atoms with Crippen molar-refractivity contribution >= 4 is 11.5 Å². The van der Waals surface area contributed by atoms with Crippen molar-refractivity contribution in [3.63, 3.8) is 0 Å². The van der Waals surface area contributed by atoms with Gasteiger partial charge in [-0.2, -0.15) is 15.8 Å². The van der Waals surface area contributed by atoms with Gasteiger partial charge >= 0.3 is 0 Å². The number of rotatable bonds is 3. The Morgan fingerprint density at radius 3 is 2.06 bits per heavy atom. The van der Waals surface area contributed by atoms with Gasteiger partial charge in [-0.15, -0.1) is 0 Å². The lowest BCUT2D eigenvalue weighted by Gasteiger charge is -2.07.